The van der Waals surface area contributed by atoms with Crippen LogP contribution in [0.4, 0.5) is 4.39 Å². The maximum Gasteiger partial charge on any atom is 0.150 e. The van der Waals surface area contributed by atoms with Crippen LogP contribution in [-0.4, -0.2) is 32.5 Å². The molecule has 6 heteroatoms. The highest BCUT2D eigenvalue weighted by Gasteiger charge is 2.33. The normalized spacial score (nSPS) is 22.3. The van der Waals surface area contributed by atoms with E-state index in [1.807, 2.05) is 0 Å². The third kappa shape index (κ3) is 4.41. The highest BCUT2D eigenvalue weighted by atomic mass is 35.5. The van der Waals surface area contributed by atoms with Crippen molar-refractivity contribution in [3.05, 3.63) is 34.6 Å². The van der Waals surface area contributed by atoms with Crippen LogP contribution in [0.2, 0.25) is 5.02 Å². The van der Waals surface area contributed by atoms with Crippen molar-refractivity contribution in [1.29, 1.82) is 0 Å². The van der Waals surface area contributed by atoms with Gasteiger partial charge in [-0.3, -0.25) is 0 Å². The monoisotopic (exact) mass is 333 g/mol. The number of halogens is 2. The molecule has 0 amide bonds. The second kappa shape index (κ2) is 7.07. The highest BCUT2D eigenvalue weighted by molar-refractivity contribution is 7.91. The van der Waals surface area contributed by atoms with E-state index < -0.39 is 15.7 Å². The molecule has 0 bridgehead atoms. The Bertz CT molecular complexity index is 591. The zero-order valence-electron chi connectivity index (χ0n) is 12.1. The molecule has 0 radical (unpaired) electrons. The lowest BCUT2D eigenvalue weighted by molar-refractivity contribution is 0.375. The smallest absolute Gasteiger partial charge is 0.150 e. The number of benzene rings is 1. The summed E-state index contributed by atoms with van der Waals surface area (Å²) in [5.74, 6) is 0.0690. The molecule has 1 heterocycles. The van der Waals surface area contributed by atoms with Crippen LogP contribution in [0.15, 0.2) is 18.2 Å². The summed E-state index contributed by atoms with van der Waals surface area (Å²) in [4.78, 5) is 0. The van der Waals surface area contributed by atoms with E-state index in [-0.39, 0.29) is 28.5 Å². The molecule has 1 fully saturated rings. The first-order valence-electron chi connectivity index (χ1n) is 7.29. The summed E-state index contributed by atoms with van der Waals surface area (Å²) < 4.78 is 37.4. The highest BCUT2D eigenvalue weighted by Crippen LogP contribution is 2.26. The Morgan fingerprint density at radius 3 is 2.86 bits per heavy atom. The average molecular weight is 334 g/mol. The van der Waals surface area contributed by atoms with Crippen molar-refractivity contribution in [1.82, 2.24) is 5.32 Å². The van der Waals surface area contributed by atoms with Crippen LogP contribution in [0.1, 0.15) is 25.3 Å². The van der Waals surface area contributed by atoms with E-state index in [1.54, 1.807) is 12.1 Å². The molecular weight excluding hydrogens is 313 g/mol. The molecule has 3 nitrogen and oxygen atoms in total. The van der Waals surface area contributed by atoms with Gasteiger partial charge in [-0.15, -0.1) is 0 Å². The molecule has 1 aromatic carbocycles. The second-order valence-electron chi connectivity index (χ2n) is 5.64. The van der Waals surface area contributed by atoms with Crippen molar-refractivity contribution in [3.8, 4) is 0 Å². The molecule has 21 heavy (non-hydrogen) atoms. The van der Waals surface area contributed by atoms with E-state index in [0.717, 1.165) is 13.0 Å². The Hall–Kier alpha value is -0.650. The van der Waals surface area contributed by atoms with Crippen LogP contribution >= 0.6 is 11.6 Å². The van der Waals surface area contributed by atoms with Gasteiger partial charge in [0, 0.05) is 6.04 Å². The Kier molecular flexibility index (Phi) is 5.63. The van der Waals surface area contributed by atoms with E-state index in [2.05, 4.69) is 12.2 Å². The van der Waals surface area contributed by atoms with Crippen molar-refractivity contribution in [3.63, 3.8) is 0 Å². The van der Waals surface area contributed by atoms with Crippen LogP contribution in [-0.2, 0) is 16.3 Å². The lowest BCUT2D eigenvalue weighted by Crippen LogP contribution is -2.39. The van der Waals surface area contributed by atoms with E-state index in [1.165, 1.54) is 6.07 Å². The molecule has 1 N–H and O–H groups in total. The SMILES string of the molecule is CCCNC(Cc1cccc(Cl)c1F)C1CCS(=O)(=O)C1. The summed E-state index contributed by atoms with van der Waals surface area (Å²) in [6, 6.07) is 4.93. The van der Waals surface area contributed by atoms with Crippen molar-refractivity contribution >= 4 is 21.4 Å². The van der Waals surface area contributed by atoms with Crippen LogP contribution in [0.5, 0.6) is 0 Å². The van der Waals surface area contributed by atoms with Gasteiger partial charge in [-0.25, -0.2) is 12.8 Å². The summed E-state index contributed by atoms with van der Waals surface area (Å²) in [6.45, 7) is 2.85. The number of hydrogen-bond donors (Lipinski definition) is 1. The van der Waals surface area contributed by atoms with Gasteiger partial charge in [0.15, 0.2) is 9.84 Å². The Labute approximate surface area is 130 Å². The summed E-state index contributed by atoms with van der Waals surface area (Å²) in [5, 5.41) is 3.48. The fraction of sp³-hybridized carbons (Fsp3) is 0.600. The molecule has 2 rings (SSSR count). The summed E-state index contributed by atoms with van der Waals surface area (Å²) >= 11 is 5.82. The Morgan fingerprint density at radius 2 is 2.24 bits per heavy atom. The van der Waals surface area contributed by atoms with Gasteiger partial charge in [0.1, 0.15) is 5.82 Å². The molecule has 0 spiro atoms. The first kappa shape index (κ1) is 16.7. The molecule has 0 aliphatic carbocycles. The van der Waals surface area contributed by atoms with Crippen molar-refractivity contribution in [2.75, 3.05) is 18.1 Å². The third-order valence-corrected chi connectivity index (χ3v) is 6.05. The number of sulfone groups is 1. The van der Waals surface area contributed by atoms with E-state index in [4.69, 9.17) is 11.6 Å². The fourth-order valence-corrected chi connectivity index (χ4v) is 4.89. The van der Waals surface area contributed by atoms with Crippen LogP contribution < -0.4 is 5.32 Å². The topological polar surface area (TPSA) is 46.2 Å². The van der Waals surface area contributed by atoms with Crippen molar-refractivity contribution in [2.45, 2.75) is 32.2 Å². The number of rotatable bonds is 6. The van der Waals surface area contributed by atoms with Gasteiger partial charge < -0.3 is 5.32 Å². The van der Waals surface area contributed by atoms with E-state index in [9.17, 15) is 12.8 Å². The molecule has 0 aromatic heterocycles. The predicted octanol–water partition coefficient (Wildman–Crippen LogP) is 2.82. The third-order valence-electron chi connectivity index (χ3n) is 3.96. The molecule has 2 unspecified atom stereocenters. The minimum Gasteiger partial charge on any atom is -0.313 e. The summed E-state index contributed by atoms with van der Waals surface area (Å²) in [5.41, 5.74) is 0.542. The van der Waals surface area contributed by atoms with Crippen LogP contribution in [0.3, 0.4) is 0 Å². The quantitative estimate of drug-likeness (QED) is 0.870. The van der Waals surface area contributed by atoms with E-state index in [0.29, 0.717) is 18.4 Å². The summed E-state index contributed by atoms with van der Waals surface area (Å²) in [6.07, 6.45) is 2.06. The van der Waals surface area contributed by atoms with Gasteiger partial charge in [-0.05, 0) is 43.4 Å². The minimum absolute atomic E-state index is 0.0322. The molecule has 1 aromatic rings. The maximum absolute atomic E-state index is 14.0. The standard InChI is InChI=1S/C15H21ClFNO2S/c1-2-7-18-14(12-6-8-21(19,20)10-12)9-11-4-3-5-13(16)15(11)17/h3-5,12,14,18H,2,6-10H2,1H3. The van der Waals surface area contributed by atoms with Crippen LogP contribution in [0.25, 0.3) is 0 Å². The maximum atomic E-state index is 14.0. The lowest BCUT2D eigenvalue weighted by atomic mass is 9.92. The minimum atomic E-state index is -2.94. The molecule has 2 atom stereocenters. The fourth-order valence-electron chi connectivity index (χ4n) is 2.82. The molecule has 118 valence electrons. The van der Waals surface area contributed by atoms with Crippen LogP contribution in [0, 0.1) is 11.7 Å². The zero-order valence-corrected chi connectivity index (χ0v) is 13.7. The summed E-state index contributed by atoms with van der Waals surface area (Å²) in [7, 11) is -2.94. The van der Waals surface area contributed by atoms with E-state index >= 15 is 0 Å². The van der Waals surface area contributed by atoms with Gasteiger partial charge in [-0.1, -0.05) is 30.7 Å². The molecule has 0 saturated carbocycles. The predicted molar refractivity (Wildman–Crippen MR) is 84.0 cm³/mol. The number of hydrogen-bond acceptors (Lipinski definition) is 3. The lowest BCUT2D eigenvalue weighted by Gasteiger charge is -2.24. The van der Waals surface area contributed by atoms with Gasteiger partial charge in [-0.2, -0.15) is 0 Å². The molecule has 1 aliphatic heterocycles. The van der Waals surface area contributed by atoms with Gasteiger partial charge in [0.05, 0.1) is 16.5 Å². The molecular formula is C15H21ClFNO2S. The van der Waals surface area contributed by atoms with Crippen molar-refractivity contribution < 1.29 is 12.8 Å². The number of nitrogens with one attached hydrogen (secondary N) is 1. The largest absolute Gasteiger partial charge is 0.313 e. The molecule has 1 aliphatic rings. The first-order valence-corrected chi connectivity index (χ1v) is 9.49. The first-order chi connectivity index (χ1) is 9.93. The average Bonchev–Trinajstić information content (AvgIpc) is 2.79. The Balaban J connectivity index is 2.15. The second-order valence-corrected chi connectivity index (χ2v) is 8.28. The van der Waals surface area contributed by atoms with Gasteiger partial charge >= 0.3 is 0 Å². The molecule has 1 saturated heterocycles. The zero-order chi connectivity index (χ0) is 15.5. The van der Waals surface area contributed by atoms with Crippen molar-refractivity contribution in [2.24, 2.45) is 5.92 Å². The van der Waals surface area contributed by atoms with Gasteiger partial charge in [0.2, 0.25) is 0 Å². The Morgan fingerprint density at radius 1 is 1.48 bits per heavy atom. The van der Waals surface area contributed by atoms with Gasteiger partial charge in [0.25, 0.3) is 0 Å².